The molecular formula is C12H15N3OS. The molecule has 90 valence electrons. The van der Waals surface area contributed by atoms with E-state index in [1.165, 1.54) is 5.56 Å². The zero-order chi connectivity index (χ0) is 12.3. The Labute approximate surface area is 105 Å². The van der Waals surface area contributed by atoms with Crippen LogP contribution in [0.1, 0.15) is 24.4 Å². The zero-order valence-corrected chi connectivity index (χ0v) is 10.9. The lowest BCUT2D eigenvalue weighted by Gasteiger charge is -2.14. The minimum Gasteiger partial charge on any atom is -0.481 e. The Balaban J connectivity index is 2.15. The van der Waals surface area contributed by atoms with Gasteiger partial charge in [0, 0.05) is 6.07 Å². The summed E-state index contributed by atoms with van der Waals surface area (Å²) in [6.45, 7) is 3.95. The minimum atomic E-state index is 0.222. The first kappa shape index (κ1) is 11.9. The Bertz CT molecular complexity index is 485. The van der Waals surface area contributed by atoms with Gasteiger partial charge in [0.05, 0.1) is 13.2 Å². The largest absolute Gasteiger partial charge is 0.481 e. The van der Waals surface area contributed by atoms with Gasteiger partial charge in [0.25, 0.3) is 0 Å². The van der Waals surface area contributed by atoms with Gasteiger partial charge in [-0.3, -0.25) is 0 Å². The van der Waals surface area contributed by atoms with Crippen LogP contribution in [0.25, 0.3) is 0 Å². The quantitative estimate of drug-likeness (QED) is 0.904. The number of nitrogens with zero attached hydrogens (tertiary/aromatic N) is 2. The smallest absolute Gasteiger partial charge is 0.218 e. The Hall–Kier alpha value is -1.62. The summed E-state index contributed by atoms with van der Waals surface area (Å²) in [5.74, 6) is 2.06. The number of ether oxygens (including phenoxy) is 1. The van der Waals surface area contributed by atoms with Crippen molar-refractivity contribution in [1.29, 1.82) is 0 Å². The number of methoxy groups -OCH3 is 1. The summed E-state index contributed by atoms with van der Waals surface area (Å²) in [4.78, 5) is 8.48. The number of nitrogens with one attached hydrogen (secondary N) is 1. The average Bonchev–Trinajstić information content (AvgIpc) is 2.81. The second-order valence-electron chi connectivity index (χ2n) is 3.77. The van der Waals surface area contributed by atoms with E-state index in [9.17, 15) is 0 Å². The summed E-state index contributed by atoms with van der Waals surface area (Å²) in [6.07, 6.45) is 0. The molecule has 0 bridgehead atoms. The van der Waals surface area contributed by atoms with Crippen LogP contribution in [0.4, 0.5) is 5.82 Å². The van der Waals surface area contributed by atoms with E-state index in [1.54, 1.807) is 24.5 Å². The SMILES string of the molecule is COc1cc(NC(C)c2ccsc2)nc(C)n1. The highest BCUT2D eigenvalue weighted by Crippen LogP contribution is 2.21. The van der Waals surface area contributed by atoms with E-state index in [2.05, 4.69) is 39.0 Å². The van der Waals surface area contributed by atoms with Crippen molar-refractivity contribution in [2.75, 3.05) is 12.4 Å². The van der Waals surface area contributed by atoms with Crippen LogP contribution in [0.15, 0.2) is 22.9 Å². The van der Waals surface area contributed by atoms with E-state index in [-0.39, 0.29) is 6.04 Å². The van der Waals surface area contributed by atoms with Crippen molar-refractivity contribution in [1.82, 2.24) is 9.97 Å². The minimum absolute atomic E-state index is 0.222. The molecule has 17 heavy (non-hydrogen) atoms. The van der Waals surface area contributed by atoms with Crippen molar-refractivity contribution in [2.45, 2.75) is 19.9 Å². The maximum absolute atomic E-state index is 5.12. The number of rotatable bonds is 4. The predicted molar refractivity (Wildman–Crippen MR) is 69.7 cm³/mol. The number of thiophene rings is 1. The molecule has 0 radical (unpaired) electrons. The van der Waals surface area contributed by atoms with Crippen LogP contribution in [0.5, 0.6) is 5.88 Å². The molecule has 1 atom stereocenters. The molecule has 1 N–H and O–H groups in total. The molecule has 0 spiro atoms. The highest BCUT2D eigenvalue weighted by atomic mass is 32.1. The molecule has 4 nitrogen and oxygen atoms in total. The number of hydrogen-bond donors (Lipinski definition) is 1. The third-order valence-electron chi connectivity index (χ3n) is 2.43. The van der Waals surface area contributed by atoms with E-state index >= 15 is 0 Å². The topological polar surface area (TPSA) is 47.0 Å². The lowest BCUT2D eigenvalue weighted by molar-refractivity contribution is 0.396. The van der Waals surface area contributed by atoms with Crippen LogP contribution in [0.2, 0.25) is 0 Å². The fraction of sp³-hybridized carbons (Fsp3) is 0.333. The Kier molecular flexibility index (Phi) is 3.58. The van der Waals surface area contributed by atoms with Crippen LogP contribution >= 0.6 is 11.3 Å². The van der Waals surface area contributed by atoms with Gasteiger partial charge in [-0.15, -0.1) is 0 Å². The van der Waals surface area contributed by atoms with Crippen molar-refractivity contribution in [3.05, 3.63) is 34.3 Å². The van der Waals surface area contributed by atoms with Crippen LogP contribution in [-0.4, -0.2) is 17.1 Å². The lowest BCUT2D eigenvalue weighted by Crippen LogP contribution is -2.08. The predicted octanol–water partition coefficient (Wildman–Crippen LogP) is 3.03. The number of anilines is 1. The van der Waals surface area contributed by atoms with Crippen molar-refractivity contribution >= 4 is 17.2 Å². The molecule has 2 rings (SSSR count). The van der Waals surface area contributed by atoms with Gasteiger partial charge in [-0.25, -0.2) is 4.98 Å². The standard InChI is InChI=1S/C12H15N3OS/c1-8(10-4-5-17-7-10)13-11-6-12(16-3)15-9(2)14-11/h4-8H,1-3H3,(H,13,14,15). The molecule has 0 fully saturated rings. The first-order chi connectivity index (χ1) is 8.19. The lowest BCUT2D eigenvalue weighted by atomic mass is 10.2. The van der Waals surface area contributed by atoms with Crippen LogP contribution in [-0.2, 0) is 0 Å². The van der Waals surface area contributed by atoms with E-state index < -0.39 is 0 Å². The molecule has 2 aromatic heterocycles. The zero-order valence-electron chi connectivity index (χ0n) is 10.1. The molecule has 0 aromatic carbocycles. The Morgan fingerprint density at radius 3 is 2.88 bits per heavy atom. The molecule has 2 aromatic rings. The molecule has 0 aliphatic heterocycles. The molecule has 0 aliphatic rings. The van der Waals surface area contributed by atoms with Gasteiger partial charge in [-0.1, -0.05) is 0 Å². The van der Waals surface area contributed by atoms with E-state index in [0.29, 0.717) is 11.7 Å². The van der Waals surface area contributed by atoms with Gasteiger partial charge >= 0.3 is 0 Å². The summed E-state index contributed by atoms with van der Waals surface area (Å²) >= 11 is 1.69. The summed E-state index contributed by atoms with van der Waals surface area (Å²) in [5.41, 5.74) is 1.25. The maximum Gasteiger partial charge on any atom is 0.218 e. The second-order valence-corrected chi connectivity index (χ2v) is 4.55. The van der Waals surface area contributed by atoms with E-state index in [4.69, 9.17) is 4.74 Å². The van der Waals surface area contributed by atoms with Gasteiger partial charge in [-0.2, -0.15) is 16.3 Å². The van der Waals surface area contributed by atoms with E-state index in [1.807, 2.05) is 6.92 Å². The molecule has 0 amide bonds. The molecular weight excluding hydrogens is 234 g/mol. The first-order valence-corrected chi connectivity index (χ1v) is 6.31. The first-order valence-electron chi connectivity index (χ1n) is 5.37. The van der Waals surface area contributed by atoms with Crippen molar-refractivity contribution < 1.29 is 4.74 Å². The summed E-state index contributed by atoms with van der Waals surface area (Å²) in [5, 5.41) is 7.53. The van der Waals surface area contributed by atoms with Crippen LogP contribution < -0.4 is 10.1 Å². The van der Waals surface area contributed by atoms with Crippen molar-refractivity contribution in [3.8, 4) is 5.88 Å². The van der Waals surface area contributed by atoms with Crippen molar-refractivity contribution in [3.63, 3.8) is 0 Å². The third-order valence-corrected chi connectivity index (χ3v) is 3.13. The average molecular weight is 249 g/mol. The fourth-order valence-electron chi connectivity index (χ4n) is 1.55. The van der Waals surface area contributed by atoms with Gasteiger partial charge in [0.2, 0.25) is 5.88 Å². The van der Waals surface area contributed by atoms with Gasteiger partial charge in [0.15, 0.2) is 0 Å². The summed E-state index contributed by atoms with van der Waals surface area (Å²) in [6, 6.07) is 4.13. The highest BCUT2D eigenvalue weighted by molar-refractivity contribution is 7.07. The summed E-state index contributed by atoms with van der Waals surface area (Å²) in [7, 11) is 1.61. The molecule has 5 heteroatoms. The molecule has 1 unspecified atom stereocenters. The van der Waals surface area contributed by atoms with Gasteiger partial charge in [0.1, 0.15) is 11.6 Å². The third kappa shape index (κ3) is 2.94. The highest BCUT2D eigenvalue weighted by Gasteiger charge is 2.08. The van der Waals surface area contributed by atoms with Crippen molar-refractivity contribution in [2.24, 2.45) is 0 Å². The molecule has 0 saturated carbocycles. The molecule has 0 saturated heterocycles. The second kappa shape index (κ2) is 5.14. The Morgan fingerprint density at radius 2 is 2.24 bits per heavy atom. The fourth-order valence-corrected chi connectivity index (χ4v) is 2.30. The number of aromatic nitrogens is 2. The number of hydrogen-bond acceptors (Lipinski definition) is 5. The van der Waals surface area contributed by atoms with Crippen LogP contribution in [0, 0.1) is 6.92 Å². The van der Waals surface area contributed by atoms with Gasteiger partial charge in [-0.05, 0) is 36.2 Å². The maximum atomic E-state index is 5.12. The van der Waals surface area contributed by atoms with E-state index in [0.717, 1.165) is 5.82 Å². The number of aryl methyl sites for hydroxylation is 1. The normalized spacial score (nSPS) is 12.2. The van der Waals surface area contributed by atoms with Gasteiger partial charge < -0.3 is 10.1 Å². The Morgan fingerprint density at radius 1 is 1.41 bits per heavy atom. The summed E-state index contributed by atoms with van der Waals surface area (Å²) < 4.78 is 5.12. The molecule has 2 heterocycles. The monoisotopic (exact) mass is 249 g/mol. The van der Waals surface area contributed by atoms with Crippen LogP contribution in [0.3, 0.4) is 0 Å². The molecule has 0 aliphatic carbocycles.